The molecule has 0 N–H and O–H groups in total. The van der Waals surface area contributed by atoms with Gasteiger partial charge in [0.2, 0.25) is 0 Å². The second-order valence-electron chi connectivity index (χ2n) is 5.33. The van der Waals surface area contributed by atoms with Gasteiger partial charge in [0.15, 0.2) is 0 Å². The third kappa shape index (κ3) is 3.21. The van der Waals surface area contributed by atoms with E-state index in [0.717, 1.165) is 22.9 Å². The summed E-state index contributed by atoms with van der Waals surface area (Å²) in [4.78, 5) is 26.7. The van der Waals surface area contributed by atoms with Crippen molar-refractivity contribution in [3.05, 3.63) is 64.6 Å². The van der Waals surface area contributed by atoms with Crippen LogP contribution >= 0.6 is 11.8 Å². The van der Waals surface area contributed by atoms with Gasteiger partial charge in [0.25, 0.3) is 11.1 Å². The van der Waals surface area contributed by atoms with E-state index in [1.165, 1.54) is 4.90 Å². The van der Waals surface area contributed by atoms with Crippen LogP contribution in [0.25, 0.3) is 6.08 Å². The van der Waals surface area contributed by atoms with E-state index in [2.05, 4.69) is 0 Å². The number of benzene rings is 2. The number of para-hydroxylation sites is 2. The van der Waals surface area contributed by atoms with Crippen LogP contribution < -0.4 is 9.64 Å². The summed E-state index contributed by atoms with van der Waals surface area (Å²) in [5.74, 6) is 0.205. The second kappa shape index (κ2) is 6.93. The third-order valence-corrected chi connectivity index (χ3v) is 4.44. The van der Waals surface area contributed by atoms with Crippen molar-refractivity contribution < 1.29 is 14.3 Å². The molecule has 0 saturated carbocycles. The van der Waals surface area contributed by atoms with Gasteiger partial charge in [0.1, 0.15) is 5.75 Å². The van der Waals surface area contributed by atoms with Gasteiger partial charge in [-0.05, 0) is 49.4 Å². The van der Waals surface area contributed by atoms with Crippen molar-refractivity contribution in [1.29, 1.82) is 0 Å². The van der Waals surface area contributed by atoms with Gasteiger partial charge in [0, 0.05) is 0 Å². The van der Waals surface area contributed by atoms with E-state index < -0.39 is 0 Å². The van der Waals surface area contributed by atoms with E-state index in [9.17, 15) is 9.59 Å². The van der Waals surface area contributed by atoms with Gasteiger partial charge >= 0.3 is 0 Å². The quantitative estimate of drug-likeness (QED) is 0.762. The molecule has 1 fully saturated rings. The van der Waals surface area contributed by atoms with Crippen LogP contribution in [0.4, 0.5) is 10.5 Å². The predicted octanol–water partition coefficient (Wildman–Crippen LogP) is 4.63. The highest BCUT2D eigenvalue weighted by Gasteiger charge is 2.37. The Bertz CT molecular complexity index is 812. The van der Waals surface area contributed by atoms with Crippen molar-refractivity contribution >= 4 is 34.7 Å². The van der Waals surface area contributed by atoms with Crippen LogP contribution in [0.3, 0.4) is 0 Å². The number of nitrogens with zero attached hydrogens (tertiary/aromatic N) is 1. The summed E-state index contributed by atoms with van der Waals surface area (Å²) in [6.45, 7) is 4.33. The number of rotatable bonds is 4. The summed E-state index contributed by atoms with van der Waals surface area (Å²) in [5.41, 5.74) is 2.52. The van der Waals surface area contributed by atoms with Crippen molar-refractivity contribution in [2.45, 2.75) is 13.8 Å². The van der Waals surface area contributed by atoms with Crippen LogP contribution in [0.15, 0.2) is 53.4 Å². The topological polar surface area (TPSA) is 46.6 Å². The first-order chi connectivity index (χ1) is 11.6. The van der Waals surface area contributed by atoms with E-state index in [1.807, 2.05) is 44.2 Å². The Morgan fingerprint density at radius 3 is 2.50 bits per heavy atom. The number of hydrogen-bond donors (Lipinski definition) is 0. The molecule has 1 heterocycles. The summed E-state index contributed by atoms with van der Waals surface area (Å²) in [7, 11) is 0. The SMILES string of the molecule is CCOc1ccccc1N1C(=O)S/C(=C\c2ccc(C)cc2)C1=O. The van der Waals surface area contributed by atoms with Crippen molar-refractivity contribution in [3.63, 3.8) is 0 Å². The molecular formula is C19H17NO3S. The maximum atomic E-state index is 12.7. The Kier molecular flexibility index (Phi) is 4.71. The number of aryl methyl sites for hydroxylation is 1. The van der Waals surface area contributed by atoms with Gasteiger partial charge in [-0.3, -0.25) is 9.59 Å². The number of imide groups is 1. The second-order valence-corrected chi connectivity index (χ2v) is 6.32. The van der Waals surface area contributed by atoms with Crippen LogP contribution in [-0.2, 0) is 4.79 Å². The minimum atomic E-state index is -0.322. The van der Waals surface area contributed by atoms with Crippen molar-refractivity contribution in [2.24, 2.45) is 0 Å². The number of carbonyl (C=O) groups excluding carboxylic acids is 2. The smallest absolute Gasteiger partial charge is 0.298 e. The van der Waals surface area contributed by atoms with Crippen molar-refractivity contribution in [1.82, 2.24) is 0 Å². The number of carbonyl (C=O) groups is 2. The summed E-state index contributed by atoms with van der Waals surface area (Å²) >= 11 is 0.945. The summed E-state index contributed by atoms with van der Waals surface area (Å²) < 4.78 is 5.54. The molecule has 0 bridgehead atoms. The highest BCUT2D eigenvalue weighted by Crippen LogP contribution is 2.39. The molecule has 4 nitrogen and oxygen atoms in total. The molecule has 24 heavy (non-hydrogen) atoms. The number of thioether (sulfide) groups is 1. The zero-order chi connectivity index (χ0) is 17.1. The third-order valence-electron chi connectivity index (χ3n) is 3.57. The van der Waals surface area contributed by atoms with E-state index in [1.54, 1.807) is 24.3 Å². The van der Waals surface area contributed by atoms with Crippen molar-refractivity contribution in [2.75, 3.05) is 11.5 Å². The van der Waals surface area contributed by atoms with Crippen molar-refractivity contribution in [3.8, 4) is 5.75 Å². The van der Waals surface area contributed by atoms with Gasteiger partial charge in [-0.2, -0.15) is 0 Å². The Morgan fingerprint density at radius 2 is 1.79 bits per heavy atom. The van der Waals surface area contributed by atoms with E-state index in [4.69, 9.17) is 4.74 Å². The lowest BCUT2D eigenvalue weighted by molar-refractivity contribution is -0.113. The molecule has 1 aliphatic rings. The van der Waals surface area contributed by atoms with E-state index >= 15 is 0 Å². The standard InChI is InChI=1S/C19H17NO3S/c1-3-23-16-7-5-4-6-15(16)20-18(21)17(24-19(20)22)12-14-10-8-13(2)9-11-14/h4-12H,3H2,1-2H3/b17-12-. The molecule has 0 radical (unpaired) electrons. The lowest BCUT2D eigenvalue weighted by Crippen LogP contribution is -2.28. The molecule has 2 aromatic carbocycles. The molecule has 2 aromatic rings. The number of ether oxygens (including phenoxy) is 1. The van der Waals surface area contributed by atoms with Gasteiger partial charge in [-0.15, -0.1) is 0 Å². The van der Waals surface area contributed by atoms with E-state index in [-0.39, 0.29) is 11.1 Å². The summed E-state index contributed by atoms with van der Waals surface area (Å²) in [6, 6.07) is 14.9. The molecular weight excluding hydrogens is 322 g/mol. The van der Waals surface area contributed by atoms with Gasteiger partial charge in [-0.25, -0.2) is 4.90 Å². The van der Waals surface area contributed by atoms with Gasteiger partial charge in [-0.1, -0.05) is 42.0 Å². The molecule has 0 spiro atoms. The molecule has 2 amide bonds. The van der Waals surface area contributed by atoms with Gasteiger partial charge in [0.05, 0.1) is 17.2 Å². The molecule has 0 aromatic heterocycles. The Balaban J connectivity index is 1.94. The number of hydrogen-bond acceptors (Lipinski definition) is 4. The monoisotopic (exact) mass is 339 g/mol. The fourth-order valence-electron chi connectivity index (χ4n) is 2.41. The Hall–Kier alpha value is -2.53. The van der Waals surface area contributed by atoms with Crippen LogP contribution in [0.2, 0.25) is 0 Å². The zero-order valence-electron chi connectivity index (χ0n) is 13.5. The molecule has 0 unspecified atom stereocenters. The maximum Gasteiger partial charge on any atom is 0.298 e. The molecule has 0 atom stereocenters. The minimum Gasteiger partial charge on any atom is -0.492 e. The highest BCUT2D eigenvalue weighted by molar-refractivity contribution is 8.19. The maximum absolute atomic E-state index is 12.7. The zero-order valence-corrected chi connectivity index (χ0v) is 14.3. The van der Waals surface area contributed by atoms with E-state index in [0.29, 0.717) is 22.9 Å². The Morgan fingerprint density at radius 1 is 1.08 bits per heavy atom. The normalized spacial score (nSPS) is 16.1. The van der Waals surface area contributed by atoms with Gasteiger partial charge < -0.3 is 4.74 Å². The van der Waals surface area contributed by atoms with Crippen LogP contribution in [-0.4, -0.2) is 17.8 Å². The lowest BCUT2D eigenvalue weighted by Gasteiger charge is -2.16. The first-order valence-electron chi connectivity index (χ1n) is 7.66. The lowest BCUT2D eigenvalue weighted by atomic mass is 10.1. The molecule has 122 valence electrons. The minimum absolute atomic E-state index is 0.314. The Labute approximate surface area is 145 Å². The summed E-state index contributed by atoms with van der Waals surface area (Å²) in [6.07, 6.45) is 1.74. The largest absolute Gasteiger partial charge is 0.492 e. The fourth-order valence-corrected chi connectivity index (χ4v) is 3.24. The number of anilines is 1. The molecule has 0 aliphatic carbocycles. The van der Waals surface area contributed by atoms with Crippen LogP contribution in [0.5, 0.6) is 5.75 Å². The fraction of sp³-hybridized carbons (Fsp3) is 0.158. The number of amides is 2. The average molecular weight is 339 g/mol. The average Bonchev–Trinajstić information content (AvgIpc) is 2.85. The molecule has 1 saturated heterocycles. The summed E-state index contributed by atoms with van der Waals surface area (Å²) in [5, 5.41) is -0.314. The first kappa shape index (κ1) is 16.3. The first-order valence-corrected chi connectivity index (χ1v) is 8.48. The molecule has 1 aliphatic heterocycles. The van der Waals surface area contributed by atoms with Crippen LogP contribution in [0.1, 0.15) is 18.1 Å². The highest BCUT2D eigenvalue weighted by atomic mass is 32.2. The van der Waals surface area contributed by atoms with Crippen LogP contribution in [0, 0.1) is 6.92 Å². The molecule has 5 heteroatoms. The predicted molar refractivity (Wildman–Crippen MR) is 97.2 cm³/mol. The molecule has 3 rings (SSSR count).